The van der Waals surface area contributed by atoms with Crippen molar-refractivity contribution in [3.05, 3.63) is 59.7 Å². The van der Waals surface area contributed by atoms with Gasteiger partial charge in [-0.3, -0.25) is 19.3 Å². The molecule has 4 rings (SSSR count). The van der Waals surface area contributed by atoms with Crippen molar-refractivity contribution in [1.82, 2.24) is 0 Å². The lowest BCUT2D eigenvalue weighted by atomic mass is 9.82. The first kappa shape index (κ1) is 20.7. The molecule has 0 aromatic heterocycles. The fraction of sp³-hybridized carbons (Fsp3) is 0.292. The third-order valence-electron chi connectivity index (χ3n) is 5.84. The summed E-state index contributed by atoms with van der Waals surface area (Å²) < 4.78 is 10.5. The summed E-state index contributed by atoms with van der Waals surface area (Å²) in [6.45, 7) is 1.98. The number of nitrogens with zero attached hydrogens (tertiary/aromatic N) is 1. The molecule has 0 saturated carbocycles. The van der Waals surface area contributed by atoms with Crippen LogP contribution in [0.15, 0.2) is 54.1 Å². The summed E-state index contributed by atoms with van der Waals surface area (Å²) in [5, 5.41) is 2.81. The van der Waals surface area contributed by atoms with Gasteiger partial charge in [0.05, 0.1) is 37.4 Å². The van der Waals surface area contributed by atoms with E-state index in [0.29, 0.717) is 41.3 Å². The maximum atomic E-state index is 13.0. The summed E-state index contributed by atoms with van der Waals surface area (Å²) >= 11 is 0. The number of hydrogen-bond donors (Lipinski definition) is 1. The number of hydrogen-bond acceptors (Lipinski definition) is 5. The lowest BCUT2D eigenvalue weighted by Crippen LogP contribution is -2.31. The van der Waals surface area contributed by atoms with Crippen LogP contribution in [0.5, 0.6) is 11.5 Å². The van der Waals surface area contributed by atoms with E-state index in [1.807, 2.05) is 13.0 Å². The van der Waals surface area contributed by atoms with Gasteiger partial charge in [-0.1, -0.05) is 17.7 Å². The van der Waals surface area contributed by atoms with Gasteiger partial charge >= 0.3 is 0 Å². The van der Waals surface area contributed by atoms with Crippen molar-refractivity contribution in [3.8, 4) is 11.5 Å². The SMILES string of the molecule is COc1ccc(OC)c(NC(=O)c2cccc(N3C(=O)C4CC=C(C)CC4C3=O)c2)c1. The highest BCUT2D eigenvalue weighted by molar-refractivity contribution is 6.22. The summed E-state index contributed by atoms with van der Waals surface area (Å²) in [6.07, 6.45) is 3.20. The van der Waals surface area contributed by atoms with Crippen LogP contribution in [0.1, 0.15) is 30.1 Å². The van der Waals surface area contributed by atoms with Crippen LogP contribution in [-0.4, -0.2) is 31.9 Å². The molecule has 2 atom stereocenters. The smallest absolute Gasteiger partial charge is 0.255 e. The van der Waals surface area contributed by atoms with E-state index in [1.54, 1.807) is 42.5 Å². The second-order valence-corrected chi connectivity index (χ2v) is 7.79. The molecule has 2 aromatic rings. The van der Waals surface area contributed by atoms with Crippen LogP contribution in [-0.2, 0) is 9.59 Å². The second kappa shape index (κ2) is 8.26. The van der Waals surface area contributed by atoms with Crippen molar-refractivity contribution < 1.29 is 23.9 Å². The first-order valence-electron chi connectivity index (χ1n) is 10.1. The zero-order chi connectivity index (χ0) is 22.1. The number of rotatable bonds is 5. The third-order valence-corrected chi connectivity index (χ3v) is 5.84. The molecule has 1 aliphatic heterocycles. The predicted octanol–water partition coefficient (Wildman–Crippen LogP) is 3.80. The van der Waals surface area contributed by atoms with Crippen molar-refractivity contribution in [2.45, 2.75) is 19.8 Å². The van der Waals surface area contributed by atoms with E-state index < -0.39 is 0 Å². The number of methoxy groups -OCH3 is 2. The quantitative estimate of drug-likeness (QED) is 0.587. The molecule has 1 saturated heterocycles. The summed E-state index contributed by atoms with van der Waals surface area (Å²) in [7, 11) is 3.05. The van der Waals surface area contributed by atoms with Gasteiger partial charge in [-0.05, 0) is 50.1 Å². The molecule has 160 valence electrons. The van der Waals surface area contributed by atoms with Gasteiger partial charge in [0, 0.05) is 11.6 Å². The van der Waals surface area contributed by atoms with E-state index in [-0.39, 0.29) is 29.6 Å². The number of carbonyl (C=O) groups excluding carboxylic acids is 3. The van der Waals surface area contributed by atoms with Gasteiger partial charge in [0.2, 0.25) is 11.8 Å². The number of amides is 3. The lowest BCUT2D eigenvalue weighted by Gasteiger charge is -2.18. The molecule has 3 amide bonds. The Bertz CT molecular complexity index is 1090. The minimum absolute atomic E-state index is 0.200. The number of allylic oxidation sites excluding steroid dienone is 2. The zero-order valence-electron chi connectivity index (χ0n) is 17.7. The number of nitrogens with one attached hydrogen (secondary N) is 1. The molecule has 0 radical (unpaired) electrons. The number of fused-ring (bicyclic) bond motifs is 1. The van der Waals surface area contributed by atoms with E-state index in [9.17, 15) is 14.4 Å². The third kappa shape index (κ3) is 3.79. The van der Waals surface area contributed by atoms with E-state index in [2.05, 4.69) is 5.32 Å². The van der Waals surface area contributed by atoms with Crippen molar-refractivity contribution in [1.29, 1.82) is 0 Å². The standard InChI is InChI=1S/C24H24N2O5/c1-14-7-9-18-19(11-14)24(29)26(23(18)28)16-6-4-5-15(12-16)22(27)25-20-13-17(30-2)8-10-21(20)31-3/h4-8,10,12-13,18-19H,9,11H2,1-3H3,(H,25,27). The van der Waals surface area contributed by atoms with Crippen LogP contribution >= 0.6 is 0 Å². The van der Waals surface area contributed by atoms with Gasteiger partial charge < -0.3 is 14.8 Å². The Kier molecular flexibility index (Phi) is 5.50. The molecule has 1 fully saturated rings. The average molecular weight is 420 g/mol. The van der Waals surface area contributed by atoms with Crippen molar-refractivity contribution in [3.63, 3.8) is 0 Å². The number of ether oxygens (including phenoxy) is 2. The summed E-state index contributed by atoms with van der Waals surface area (Å²) in [5.74, 6) is -0.375. The Morgan fingerprint density at radius 3 is 2.55 bits per heavy atom. The minimum atomic E-state index is -0.387. The molecular formula is C24H24N2O5. The van der Waals surface area contributed by atoms with Crippen LogP contribution in [0, 0.1) is 11.8 Å². The van der Waals surface area contributed by atoms with Gasteiger partial charge in [0.15, 0.2) is 0 Å². The molecule has 1 N–H and O–H groups in total. The molecule has 1 aliphatic carbocycles. The number of carbonyl (C=O) groups is 3. The van der Waals surface area contributed by atoms with Crippen LogP contribution in [0.3, 0.4) is 0 Å². The Labute approximate surface area is 180 Å². The summed E-state index contributed by atoms with van der Waals surface area (Å²) in [6, 6.07) is 11.6. The van der Waals surface area contributed by atoms with Crippen LogP contribution in [0.4, 0.5) is 11.4 Å². The number of anilines is 2. The van der Waals surface area contributed by atoms with Crippen LogP contribution < -0.4 is 19.7 Å². The van der Waals surface area contributed by atoms with Crippen molar-refractivity contribution >= 4 is 29.1 Å². The van der Waals surface area contributed by atoms with Gasteiger partial charge in [-0.2, -0.15) is 0 Å². The Balaban J connectivity index is 1.59. The molecular weight excluding hydrogens is 396 g/mol. The van der Waals surface area contributed by atoms with Gasteiger partial charge in [-0.15, -0.1) is 0 Å². The van der Waals surface area contributed by atoms with Crippen LogP contribution in [0.2, 0.25) is 0 Å². The summed E-state index contributed by atoms with van der Waals surface area (Å²) in [5.41, 5.74) is 2.32. The zero-order valence-corrected chi connectivity index (χ0v) is 17.7. The molecule has 1 heterocycles. The highest BCUT2D eigenvalue weighted by Crippen LogP contribution is 2.40. The molecule has 2 aliphatic rings. The van der Waals surface area contributed by atoms with E-state index in [4.69, 9.17) is 9.47 Å². The second-order valence-electron chi connectivity index (χ2n) is 7.79. The maximum Gasteiger partial charge on any atom is 0.255 e. The fourth-order valence-corrected chi connectivity index (χ4v) is 4.18. The molecule has 7 nitrogen and oxygen atoms in total. The monoisotopic (exact) mass is 420 g/mol. The first-order valence-corrected chi connectivity index (χ1v) is 10.1. The highest BCUT2D eigenvalue weighted by Gasteiger charge is 2.48. The number of benzene rings is 2. The van der Waals surface area contributed by atoms with E-state index in [1.165, 1.54) is 19.1 Å². The highest BCUT2D eigenvalue weighted by atomic mass is 16.5. The largest absolute Gasteiger partial charge is 0.497 e. The first-order chi connectivity index (χ1) is 14.9. The molecule has 2 aromatic carbocycles. The van der Waals surface area contributed by atoms with E-state index >= 15 is 0 Å². The predicted molar refractivity (Wildman–Crippen MR) is 116 cm³/mol. The number of imide groups is 1. The van der Waals surface area contributed by atoms with Crippen LogP contribution in [0.25, 0.3) is 0 Å². The molecule has 31 heavy (non-hydrogen) atoms. The Hall–Kier alpha value is -3.61. The molecule has 2 unspecified atom stereocenters. The van der Waals surface area contributed by atoms with Gasteiger partial charge in [0.1, 0.15) is 11.5 Å². The van der Waals surface area contributed by atoms with Crippen molar-refractivity contribution in [2.24, 2.45) is 11.8 Å². The van der Waals surface area contributed by atoms with E-state index in [0.717, 1.165) is 5.57 Å². The normalized spacial score (nSPS) is 20.2. The van der Waals surface area contributed by atoms with Crippen molar-refractivity contribution in [2.75, 3.05) is 24.4 Å². The Morgan fingerprint density at radius 2 is 1.81 bits per heavy atom. The Morgan fingerprint density at radius 1 is 1.03 bits per heavy atom. The minimum Gasteiger partial charge on any atom is -0.497 e. The lowest BCUT2D eigenvalue weighted by molar-refractivity contribution is -0.122. The summed E-state index contributed by atoms with van der Waals surface area (Å²) in [4.78, 5) is 40.0. The van der Waals surface area contributed by atoms with Gasteiger partial charge in [-0.25, -0.2) is 0 Å². The average Bonchev–Trinajstić information content (AvgIpc) is 3.03. The molecule has 0 spiro atoms. The van der Waals surface area contributed by atoms with Gasteiger partial charge in [0.25, 0.3) is 5.91 Å². The fourth-order valence-electron chi connectivity index (χ4n) is 4.18. The topological polar surface area (TPSA) is 84.9 Å². The molecule has 0 bridgehead atoms. The molecule has 7 heteroatoms. The maximum absolute atomic E-state index is 13.0.